The fourth-order valence-electron chi connectivity index (χ4n) is 2.11. The summed E-state index contributed by atoms with van der Waals surface area (Å²) in [6.45, 7) is 0. The van der Waals surface area contributed by atoms with Crippen molar-refractivity contribution in [1.82, 2.24) is 0 Å². The molecule has 114 valence electrons. The first-order valence-electron chi connectivity index (χ1n) is 7.36. The van der Waals surface area contributed by atoms with E-state index in [-0.39, 0.29) is 17.3 Å². The van der Waals surface area contributed by atoms with Crippen molar-refractivity contribution in [3.8, 4) is 11.5 Å². The van der Waals surface area contributed by atoms with E-state index in [1.54, 1.807) is 24.3 Å². The maximum atomic E-state index is 11.8. The molecular weight excluding hydrogens is 276 g/mol. The van der Waals surface area contributed by atoms with E-state index < -0.39 is 0 Å². The standard InChI is InChI=1S/C19H20O3/c20-17(10-7-16-8-13-19(22)14-9-16)4-2-1-3-15-5-11-18(21)12-6-15/h1-2,5-6,8-9,11-14,21-22H,3-4,7,10H2. The molecule has 0 aliphatic carbocycles. The zero-order valence-corrected chi connectivity index (χ0v) is 12.4. The van der Waals surface area contributed by atoms with Gasteiger partial charge in [-0.1, -0.05) is 36.4 Å². The summed E-state index contributed by atoms with van der Waals surface area (Å²) in [5.74, 6) is 0.708. The minimum absolute atomic E-state index is 0.204. The number of carbonyl (C=O) groups is 1. The zero-order chi connectivity index (χ0) is 15.8. The number of ketones is 1. The number of aryl methyl sites for hydroxylation is 1. The van der Waals surface area contributed by atoms with E-state index in [1.807, 2.05) is 36.4 Å². The van der Waals surface area contributed by atoms with Crippen molar-refractivity contribution in [3.05, 3.63) is 71.8 Å². The van der Waals surface area contributed by atoms with Gasteiger partial charge in [0.2, 0.25) is 0 Å². The fraction of sp³-hybridized carbons (Fsp3) is 0.211. The smallest absolute Gasteiger partial charge is 0.136 e. The molecule has 2 aromatic rings. The highest BCUT2D eigenvalue weighted by Crippen LogP contribution is 2.12. The molecule has 3 nitrogen and oxygen atoms in total. The van der Waals surface area contributed by atoms with Gasteiger partial charge < -0.3 is 10.2 Å². The largest absolute Gasteiger partial charge is 0.508 e. The molecule has 22 heavy (non-hydrogen) atoms. The van der Waals surface area contributed by atoms with Crippen molar-refractivity contribution >= 4 is 5.78 Å². The van der Waals surface area contributed by atoms with Crippen LogP contribution in [0, 0.1) is 0 Å². The molecule has 0 aliphatic rings. The van der Waals surface area contributed by atoms with Gasteiger partial charge in [0.1, 0.15) is 17.3 Å². The van der Waals surface area contributed by atoms with Gasteiger partial charge in [-0.15, -0.1) is 0 Å². The predicted octanol–water partition coefficient (Wildman–Crippen LogP) is 3.79. The van der Waals surface area contributed by atoms with Crippen LogP contribution in [0.1, 0.15) is 24.0 Å². The van der Waals surface area contributed by atoms with Gasteiger partial charge in [0.25, 0.3) is 0 Å². The number of hydrogen-bond donors (Lipinski definition) is 2. The molecule has 0 aromatic heterocycles. The molecule has 0 heterocycles. The zero-order valence-electron chi connectivity index (χ0n) is 12.4. The van der Waals surface area contributed by atoms with Crippen molar-refractivity contribution in [1.29, 1.82) is 0 Å². The van der Waals surface area contributed by atoms with Crippen LogP contribution in [0.15, 0.2) is 60.7 Å². The number of carbonyl (C=O) groups excluding carboxylic acids is 1. The normalized spacial score (nSPS) is 10.9. The third kappa shape index (κ3) is 5.44. The Kier molecular flexibility index (Phi) is 5.78. The van der Waals surface area contributed by atoms with Gasteiger partial charge in [-0.05, 0) is 48.2 Å². The molecule has 2 N–H and O–H groups in total. The van der Waals surface area contributed by atoms with Crippen molar-refractivity contribution in [2.24, 2.45) is 0 Å². The van der Waals surface area contributed by atoms with Crippen LogP contribution in [0.3, 0.4) is 0 Å². The highest BCUT2D eigenvalue weighted by atomic mass is 16.3. The molecule has 0 amide bonds. The number of phenolic OH excluding ortho intramolecular Hbond substituents is 2. The number of phenols is 2. The Morgan fingerprint density at radius 3 is 1.95 bits per heavy atom. The highest BCUT2D eigenvalue weighted by molar-refractivity contribution is 5.80. The molecule has 2 rings (SSSR count). The van der Waals surface area contributed by atoms with Gasteiger partial charge in [0.05, 0.1) is 0 Å². The highest BCUT2D eigenvalue weighted by Gasteiger charge is 2.01. The monoisotopic (exact) mass is 296 g/mol. The Morgan fingerprint density at radius 1 is 0.818 bits per heavy atom. The topological polar surface area (TPSA) is 57.5 Å². The molecule has 3 heteroatoms. The molecule has 0 bridgehead atoms. The third-order valence-electron chi connectivity index (χ3n) is 3.43. The summed E-state index contributed by atoms with van der Waals surface area (Å²) in [5.41, 5.74) is 2.16. The number of benzene rings is 2. The summed E-state index contributed by atoms with van der Waals surface area (Å²) < 4.78 is 0. The SMILES string of the molecule is O=C(CC=CCc1ccc(O)cc1)CCc1ccc(O)cc1. The fourth-order valence-corrected chi connectivity index (χ4v) is 2.11. The van der Waals surface area contributed by atoms with Crippen LogP contribution in [-0.2, 0) is 17.6 Å². The quantitative estimate of drug-likeness (QED) is 0.764. The summed E-state index contributed by atoms with van der Waals surface area (Å²) >= 11 is 0. The molecule has 0 aliphatic heterocycles. The molecular formula is C19H20O3. The van der Waals surface area contributed by atoms with Crippen LogP contribution in [0.25, 0.3) is 0 Å². The molecule has 0 saturated heterocycles. The van der Waals surface area contributed by atoms with Crippen LogP contribution in [0.4, 0.5) is 0 Å². The van der Waals surface area contributed by atoms with E-state index in [0.29, 0.717) is 19.3 Å². The number of allylic oxidation sites excluding steroid dienone is 2. The summed E-state index contributed by atoms with van der Waals surface area (Å²) in [7, 11) is 0. The van der Waals surface area contributed by atoms with Crippen LogP contribution in [0.2, 0.25) is 0 Å². The lowest BCUT2D eigenvalue weighted by atomic mass is 10.1. The Hall–Kier alpha value is -2.55. The first-order valence-corrected chi connectivity index (χ1v) is 7.36. The Morgan fingerprint density at radius 2 is 1.36 bits per heavy atom. The van der Waals surface area contributed by atoms with E-state index in [0.717, 1.165) is 17.5 Å². The average molecular weight is 296 g/mol. The summed E-state index contributed by atoms with van der Waals surface area (Å²) in [6, 6.07) is 14.0. The molecule has 0 atom stereocenters. The number of rotatable bonds is 7. The first kappa shape index (κ1) is 15.8. The molecule has 2 aromatic carbocycles. The van der Waals surface area contributed by atoms with Gasteiger partial charge in [-0.25, -0.2) is 0 Å². The van der Waals surface area contributed by atoms with Gasteiger partial charge in [-0.3, -0.25) is 4.79 Å². The van der Waals surface area contributed by atoms with E-state index in [9.17, 15) is 15.0 Å². The Labute approximate surface area is 130 Å². The summed E-state index contributed by atoms with van der Waals surface area (Å²) in [5, 5.41) is 18.4. The summed E-state index contributed by atoms with van der Waals surface area (Å²) in [4.78, 5) is 11.8. The molecule has 0 fully saturated rings. The van der Waals surface area contributed by atoms with Gasteiger partial charge in [0, 0.05) is 12.8 Å². The predicted molar refractivity (Wildman–Crippen MR) is 87.0 cm³/mol. The van der Waals surface area contributed by atoms with Crippen LogP contribution in [-0.4, -0.2) is 16.0 Å². The van der Waals surface area contributed by atoms with Gasteiger partial charge >= 0.3 is 0 Å². The van der Waals surface area contributed by atoms with E-state index in [4.69, 9.17) is 0 Å². The lowest BCUT2D eigenvalue weighted by Crippen LogP contribution is -1.98. The lowest BCUT2D eigenvalue weighted by molar-refractivity contribution is -0.118. The van der Waals surface area contributed by atoms with E-state index in [1.165, 1.54) is 0 Å². The van der Waals surface area contributed by atoms with Crippen LogP contribution in [0.5, 0.6) is 11.5 Å². The molecule has 0 unspecified atom stereocenters. The molecule has 0 saturated carbocycles. The van der Waals surface area contributed by atoms with Gasteiger partial charge in [0.15, 0.2) is 0 Å². The molecule has 0 spiro atoms. The van der Waals surface area contributed by atoms with Crippen molar-refractivity contribution in [2.45, 2.75) is 25.7 Å². The van der Waals surface area contributed by atoms with E-state index >= 15 is 0 Å². The Bertz CT molecular complexity index is 625. The summed E-state index contributed by atoms with van der Waals surface area (Å²) in [6.07, 6.45) is 6.28. The minimum atomic E-state index is 0.204. The first-order chi connectivity index (χ1) is 10.6. The van der Waals surface area contributed by atoms with Crippen LogP contribution >= 0.6 is 0 Å². The maximum Gasteiger partial charge on any atom is 0.136 e. The second-order valence-electron chi connectivity index (χ2n) is 5.25. The minimum Gasteiger partial charge on any atom is -0.508 e. The van der Waals surface area contributed by atoms with Crippen molar-refractivity contribution in [3.63, 3.8) is 0 Å². The second-order valence-corrected chi connectivity index (χ2v) is 5.25. The number of Topliss-reactive ketones (excluding diaryl/α,β-unsaturated/α-hetero) is 1. The molecule has 0 radical (unpaired) electrons. The van der Waals surface area contributed by atoms with Crippen LogP contribution < -0.4 is 0 Å². The van der Waals surface area contributed by atoms with Crippen molar-refractivity contribution < 1.29 is 15.0 Å². The second kappa shape index (κ2) is 8.03. The van der Waals surface area contributed by atoms with Gasteiger partial charge in [-0.2, -0.15) is 0 Å². The van der Waals surface area contributed by atoms with Crippen molar-refractivity contribution in [2.75, 3.05) is 0 Å². The Balaban J connectivity index is 1.69. The third-order valence-corrected chi connectivity index (χ3v) is 3.43. The lowest BCUT2D eigenvalue weighted by Gasteiger charge is -2.00. The van der Waals surface area contributed by atoms with E-state index in [2.05, 4.69) is 0 Å². The number of aromatic hydroxyl groups is 2. The average Bonchev–Trinajstić information content (AvgIpc) is 2.53. The number of hydrogen-bond acceptors (Lipinski definition) is 3. The maximum absolute atomic E-state index is 11.8.